The van der Waals surface area contributed by atoms with Crippen LogP contribution in [0.5, 0.6) is 0 Å². The van der Waals surface area contributed by atoms with Gasteiger partial charge in [-0.3, -0.25) is 0 Å². The maximum atomic E-state index is 13.6. The van der Waals surface area contributed by atoms with Crippen molar-refractivity contribution in [2.24, 2.45) is 17.8 Å². The van der Waals surface area contributed by atoms with Gasteiger partial charge in [-0.25, -0.2) is 9.59 Å². The Morgan fingerprint density at radius 1 is 0.575 bits per heavy atom. The second kappa shape index (κ2) is 9.61. The molecule has 40 heavy (non-hydrogen) atoms. The normalized spacial score (nSPS) is 29.2. The van der Waals surface area contributed by atoms with Crippen LogP contribution in [0.25, 0.3) is 0 Å². The van der Waals surface area contributed by atoms with Crippen molar-refractivity contribution < 1.29 is 19.1 Å². The number of benzene rings is 3. The molecule has 0 amide bonds. The Morgan fingerprint density at radius 2 is 1.12 bits per heavy atom. The molecule has 6 atom stereocenters. The summed E-state index contributed by atoms with van der Waals surface area (Å²) < 4.78 is 12.7. The van der Waals surface area contributed by atoms with Crippen molar-refractivity contribution in [2.45, 2.75) is 82.3 Å². The van der Waals surface area contributed by atoms with E-state index in [0.29, 0.717) is 23.0 Å². The van der Waals surface area contributed by atoms with Crippen LogP contribution in [0.1, 0.15) is 92.1 Å². The molecule has 4 nitrogen and oxygen atoms in total. The Bertz CT molecular complexity index is 1500. The van der Waals surface area contributed by atoms with Gasteiger partial charge in [0.15, 0.2) is 0 Å². The molecule has 3 aromatic carbocycles. The number of aryl methyl sites for hydroxylation is 4. The second-order valence-corrected chi connectivity index (χ2v) is 12.8. The molecule has 204 valence electrons. The second-order valence-electron chi connectivity index (χ2n) is 12.8. The Kier molecular flexibility index (Phi) is 5.86. The van der Waals surface area contributed by atoms with Crippen molar-refractivity contribution >= 4 is 11.9 Å². The lowest BCUT2D eigenvalue weighted by Crippen LogP contribution is -2.45. The van der Waals surface area contributed by atoms with E-state index in [-0.39, 0.29) is 23.8 Å². The van der Waals surface area contributed by atoms with Crippen molar-refractivity contribution in [1.82, 2.24) is 0 Å². The van der Waals surface area contributed by atoms with Gasteiger partial charge in [-0.15, -0.1) is 0 Å². The number of hydrogen-bond acceptors (Lipinski definition) is 4. The molecule has 0 heterocycles. The zero-order valence-corrected chi connectivity index (χ0v) is 22.9. The van der Waals surface area contributed by atoms with Crippen LogP contribution in [0.4, 0.5) is 0 Å². The van der Waals surface area contributed by atoms with Crippen molar-refractivity contribution in [3.63, 3.8) is 0 Å². The van der Waals surface area contributed by atoms with Gasteiger partial charge in [-0.2, -0.15) is 0 Å². The number of rotatable bonds is 4. The highest BCUT2D eigenvalue weighted by Gasteiger charge is 2.63. The molecule has 5 aliphatic carbocycles. The molecule has 0 spiro atoms. The van der Waals surface area contributed by atoms with Crippen molar-refractivity contribution in [2.75, 3.05) is 0 Å². The molecule has 0 N–H and O–H groups in total. The van der Waals surface area contributed by atoms with Crippen LogP contribution in [0, 0.1) is 17.8 Å². The Morgan fingerprint density at radius 3 is 1.75 bits per heavy atom. The summed E-state index contributed by atoms with van der Waals surface area (Å²) in [5.74, 6) is 0.590. The topological polar surface area (TPSA) is 52.6 Å². The molecule has 4 heteroatoms. The maximum absolute atomic E-state index is 13.6. The van der Waals surface area contributed by atoms with E-state index in [4.69, 9.17) is 9.47 Å². The average molecular weight is 533 g/mol. The van der Waals surface area contributed by atoms with Crippen LogP contribution < -0.4 is 0 Å². The lowest BCUT2D eigenvalue weighted by atomic mass is 9.76. The highest BCUT2D eigenvalue weighted by atomic mass is 16.6. The number of fused-ring (bicyclic) bond motifs is 9. The van der Waals surface area contributed by atoms with Crippen molar-refractivity contribution in [1.29, 1.82) is 0 Å². The Balaban J connectivity index is 1.09. The minimum Gasteiger partial charge on any atom is -0.455 e. The van der Waals surface area contributed by atoms with E-state index in [0.717, 1.165) is 38.5 Å². The van der Waals surface area contributed by atoms with Crippen molar-refractivity contribution in [3.8, 4) is 0 Å². The number of ether oxygens (including phenoxy) is 2. The zero-order chi connectivity index (χ0) is 26.8. The molecule has 5 aliphatic rings. The Labute approximate surface area is 236 Å². The third-order valence-corrected chi connectivity index (χ3v) is 10.7. The quantitative estimate of drug-likeness (QED) is 0.347. The van der Waals surface area contributed by atoms with Gasteiger partial charge in [-0.1, -0.05) is 36.4 Å². The fourth-order valence-corrected chi connectivity index (χ4v) is 8.87. The average Bonchev–Trinajstić information content (AvgIpc) is 3.66. The van der Waals surface area contributed by atoms with Gasteiger partial charge in [0.2, 0.25) is 0 Å². The third kappa shape index (κ3) is 3.94. The minimum atomic E-state index is -0.428. The molecular formula is C36H36O4. The summed E-state index contributed by atoms with van der Waals surface area (Å²) in [6.45, 7) is 0. The van der Waals surface area contributed by atoms with Crippen LogP contribution in [0.2, 0.25) is 0 Å². The fraction of sp³-hybridized carbons (Fsp3) is 0.444. The van der Waals surface area contributed by atoms with Gasteiger partial charge >= 0.3 is 11.9 Å². The molecule has 3 aromatic rings. The van der Waals surface area contributed by atoms with Crippen molar-refractivity contribution in [3.05, 3.63) is 105 Å². The molecule has 0 aromatic heterocycles. The summed E-state index contributed by atoms with van der Waals surface area (Å²) in [6.07, 6.45) is 10.1. The van der Waals surface area contributed by atoms with E-state index in [1.165, 1.54) is 59.1 Å². The summed E-state index contributed by atoms with van der Waals surface area (Å²) in [6, 6.07) is 20.8. The smallest absolute Gasteiger partial charge is 0.338 e. The van der Waals surface area contributed by atoms with Crippen LogP contribution in [-0.4, -0.2) is 24.1 Å². The molecule has 2 saturated carbocycles. The number of hydrogen-bond donors (Lipinski definition) is 0. The number of carbonyl (C=O) groups is 2. The highest BCUT2D eigenvalue weighted by molar-refractivity contribution is 5.91. The van der Waals surface area contributed by atoms with E-state index in [1.807, 2.05) is 24.3 Å². The highest BCUT2D eigenvalue weighted by Crippen LogP contribution is 2.62. The monoisotopic (exact) mass is 532 g/mol. The first-order valence-corrected chi connectivity index (χ1v) is 15.4. The standard InChI is InChI=1S/C36H36O4/c37-35(26-15-13-21-7-1-3-9-23(21)17-26)39-33-30-20-31(32-28-12-6-5-11-25(28)19-29(30)32)34(33)40-36(38)27-16-14-22-8-2-4-10-24(22)18-27/h5-6,11-18,29-34H,1-4,7-10,19-20H2/t29?,30?,31-,32?,33?,34?/m1/s1. The van der Waals surface area contributed by atoms with Gasteiger partial charge in [0.05, 0.1) is 11.1 Å². The van der Waals surface area contributed by atoms with Gasteiger partial charge in [0.1, 0.15) is 12.2 Å². The van der Waals surface area contributed by atoms with Gasteiger partial charge in [0, 0.05) is 11.8 Å². The molecule has 2 fully saturated rings. The summed E-state index contributed by atoms with van der Waals surface area (Å²) in [4.78, 5) is 27.2. The first-order chi connectivity index (χ1) is 19.6. The van der Waals surface area contributed by atoms with Crippen LogP contribution >= 0.6 is 0 Å². The van der Waals surface area contributed by atoms with E-state index >= 15 is 0 Å². The largest absolute Gasteiger partial charge is 0.455 e. The van der Waals surface area contributed by atoms with Gasteiger partial charge in [0.25, 0.3) is 0 Å². The van der Waals surface area contributed by atoms with Gasteiger partial charge < -0.3 is 9.47 Å². The SMILES string of the molecule is O=C(OC1C2C[C@@H](C1OC(=O)c1ccc3c(c1)CCCC3)C1c3ccccc3CC21)c1ccc2c(c1)CCCC2. The first kappa shape index (κ1) is 24.4. The predicted octanol–water partition coefficient (Wildman–Crippen LogP) is 6.80. The zero-order valence-electron chi connectivity index (χ0n) is 22.9. The molecule has 0 aliphatic heterocycles. The fourth-order valence-electron chi connectivity index (χ4n) is 8.87. The van der Waals surface area contributed by atoms with E-state index in [2.05, 4.69) is 36.4 Å². The van der Waals surface area contributed by atoms with Crippen LogP contribution in [-0.2, 0) is 41.6 Å². The van der Waals surface area contributed by atoms with Crippen LogP contribution in [0.3, 0.4) is 0 Å². The van der Waals surface area contributed by atoms with E-state index in [9.17, 15) is 9.59 Å². The lowest BCUT2D eigenvalue weighted by Gasteiger charge is -2.37. The molecule has 8 rings (SSSR count). The van der Waals surface area contributed by atoms with Crippen LogP contribution in [0.15, 0.2) is 60.7 Å². The maximum Gasteiger partial charge on any atom is 0.338 e. The third-order valence-electron chi connectivity index (χ3n) is 10.7. The summed E-state index contributed by atoms with van der Waals surface area (Å²) >= 11 is 0. The lowest BCUT2D eigenvalue weighted by molar-refractivity contribution is -0.0698. The summed E-state index contributed by atoms with van der Waals surface area (Å²) in [5, 5.41) is 0. The van der Waals surface area contributed by atoms with E-state index < -0.39 is 12.2 Å². The summed E-state index contributed by atoms with van der Waals surface area (Å²) in [7, 11) is 0. The Hall–Kier alpha value is -3.40. The molecule has 2 bridgehead atoms. The molecule has 0 saturated heterocycles. The number of carbonyl (C=O) groups excluding carboxylic acids is 2. The predicted molar refractivity (Wildman–Crippen MR) is 153 cm³/mol. The summed E-state index contributed by atoms with van der Waals surface area (Å²) in [5.41, 5.74) is 9.28. The van der Waals surface area contributed by atoms with Gasteiger partial charge in [-0.05, 0) is 134 Å². The molecule has 0 radical (unpaired) electrons. The number of esters is 2. The molecule has 5 unspecified atom stereocenters. The first-order valence-electron chi connectivity index (χ1n) is 15.4. The van der Waals surface area contributed by atoms with E-state index in [1.54, 1.807) is 0 Å². The molecular weight excluding hydrogens is 496 g/mol. The minimum absolute atomic E-state index is 0.168.